The van der Waals surface area contributed by atoms with Gasteiger partial charge in [-0.3, -0.25) is 4.79 Å². The minimum Gasteiger partial charge on any atom is -0.481 e. The predicted molar refractivity (Wildman–Crippen MR) is 141 cm³/mol. The number of benzene rings is 2. The van der Waals surface area contributed by atoms with Gasteiger partial charge in [0.1, 0.15) is 11.6 Å². The zero-order valence-electron chi connectivity index (χ0n) is 21.8. The van der Waals surface area contributed by atoms with Gasteiger partial charge in [-0.15, -0.1) is 0 Å². The van der Waals surface area contributed by atoms with Gasteiger partial charge in [-0.2, -0.15) is 10.2 Å². The molecule has 0 fully saturated rings. The van der Waals surface area contributed by atoms with Crippen molar-refractivity contribution in [2.45, 2.75) is 50.5 Å². The van der Waals surface area contributed by atoms with Crippen molar-refractivity contribution in [1.29, 1.82) is 5.26 Å². The van der Waals surface area contributed by atoms with E-state index in [4.69, 9.17) is 0 Å². The van der Waals surface area contributed by atoms with Crippen LogP contribution in [0.5, 0.6) is 0 Å². The molecule has 3 heterocycles. The van der Waals surface area contributed by atoms with Gasteiger partial charge in [0.15, 0.2) is 17.5 Å². The summed E-state index contributed by atoms with van der Waals surface area (Å²) >= 11 is 0. The first-order valence-electron chi connectivity index (χ1n) is 13.0. The smallest absolute Gasteiger partial charge is 0.304 e. The van der Waals surface area contributed by atoms with Gasteiger partial charge in [-0.25, -0.2) is 13.8 Å². The van der Waals surface area contributed by atoms with E-state index in [0.717, 1.165) is 43.8 Å². The van der Waals surface area contributed by atoms with Crippen LogP contribution < -0.4 is 10.2 Å². The Hall–Kier alpha value is -4.10. The maximum atomic E-state index is 14.4. The summed E-state index contributed by atoms with van der Waals surface area (Å²) in [4.78, 5) is 24.6. The van der Waals surface area contributed by atoms with Crippen molar-refractivity contribution < 1.29 is 18.7 Å². The highest BCUT2D eigenvalue weighted by molar-refractivity contribution is 5.78. The molecule has 10 heteroatoms. The van der Waals surface area contributed by atoms with E-state index in [9.17, 15) is 23.9 Å². The number of hydrogen-bond donors (Lipinski definition) is 2. The van der Waals surface area contributed by atoms with Gasteiger partial charge >= 0.3 is 5.97 Å². The summed E-state index contributed by atoms with van der Waals surface area (Å²) in [5, 5.41) is 22.7. The molecule has 2 aliphatic heterocycles. The van der Waals surface area contributed by atoms with Crippen molar-refractivity contribution in [3.8, 4) is 6.07 Å². The third kappa shape index (κ3) is 4.36. The van der Waals surface area contributed by atoms with Crippen molar-refractivity contribution in [3.63, 3.8) is 0 Å². The number of nitrogens with zero attached hydrogens (tertiary/aromatic N) is 5. The van der Waals surface area contributed by atoms with E-state index in [0.29, 0.717) is 11.5 Å². The van der Waals surface area contributed by atoms with Crippen LogP contribution in [0.4, 0.5) is 31.9 Å². The molecule has 2 aromatic carbocycles. The number of fused-ring (bicyclic) bond motifs is 1. The second-order valence-corrected chi connectivity index (χ2v) is 11.2. The van der Waals surface area contributed by atoms with Crippen LogP contribution in [0.15, 0.2) is 30.5 Å². The fourth-order valence-corrected chi connectivity index (χ4v) is 6.59. The number of halogens is 2. The lowest BCUT2D eigenvalue weighted by Gasteiger charge is -2.37. The van der Waals surface area contributed by atoms with Crippen LogP contribution in [0.25, 0.3) is 0 Å². The van der Waals surface area contributed by atoms with Crippen LogP contribution >= 0.6 is 0 Å². The molecule has 0 bridgehead atoms. The van der Waals surface area contributed by atoms with Gasteiger partial charge in [-0.1, -0.05) is 6.92 Å². The van der Waals surface area contributed by atoms with Gasteiger partial charge in [-0.05, 0) is 72.7 Å². The monoisotopic (exact) mass is 530 g/mol. The van der Waals surface area contributed by atoms with E-state index in [1.54, 1.807) is 11.8 Å². The number of anilines is 4. The number of aromatic nitrogens is 2. The molecule has 3 aromatic rings. The number of carboxylic acid groups (broad SMARTS) is 1. The average molecular weight is 531 g/mol. The van der Waals surface area contributed by atoms with Crippen LogP contribution in [0, 0.1) is 23.0 Å². The molecule has 0 radical (unpaired) electrons. The molecular weight excluding hydrogens is 502 g/mol. The minimum absolute atomic E-state index is 0.0827. The first kappa shape index (κ1) is 25.2. The molecule has 0 spiro atoms. The lowest BCUT2D eigenvalue weighted by atomic mass is 9.77. The summed E-state index contributed by atoms with van der Waals surface area (Å²) in [6.07, 6.45) is 4.46. The fourth-order valence-electron chi connectivity index (χ4n) is 6.59. The fraction of sp³-hybridized carbons (Fsp3) is 0.379. The Balaban J connectivity index is 1.39. The molecule has 1 aromatic heterocycles. The number of nitriles is 1. The minimum atomic E-state index is -1.06. The molecule has 0 saturated carbocycles. The number of likely N-dealkylation sites (N-methyl/N-ethyl adjacent to an activating group) is 1. The molecule has 2 N–H and O–H groups in total. The lowest BCUT2D eigenvalue weighted by molar-refractivity contribution is -0.138. The number of rotatable bonds is 5. The summed E-state index contributed by atoms with van der Waals surface area (Å²) in [7, 11) is 2.13. The molecule has 1 aliphatic carbocycles. The van der Waals surface area contributed by atoms with E-state index in [-0.39, 0.29) is 36.0 Å². The molecule has 2 unspecified atom stereocenters. The number of hydrogen-bond acceptors (Lipinski definition) is 7. The topological polar surface area (TPSA) is 105 Å². The Morgan fingerprint density at radius 1 is 1.26 bits per heavy atom. The van der Waals surface area contributed by atoms with E-state index in [1.807, 2.05) is 0 Å². The molecule has 0 saturated heterocycles. The van der Waals surface area contributed by atoms with Crippen molar-refractivity contribution in [2.75, 3.05) is 30.4 Å². The average Bonchev–Trinajstić information content (AvgIpc) is 3.14. The highest BCUT2D eigenvalue weighted by Crippen LogP contribution is 2.47. The largest absolute Gasteiger partial charge is 0.481 e. The summed E-state index contributed by atoms with van der Waals surface area (Å²) in [6.45, 7) is 3.70. The first-order chi connectivity index (χ1) is 18.6. The Bertz CT molecular complexity index is 1550. The Labute approximate surface area is 224 Å². The molecule has 0 amide bonds. The zero-order chi connectivity index (χ0) is 27.5. The Morgan fingerprint density at radius 3 is 2.79 bits per heavy atom. The van der Waals surface area contributed by atoms with Crippen LogP contribution in [-0.2, 0) is 23.2 Å². The van der Waals surface area contributed by atoms with E-state index < -0.39 is 23.0 Å². The van der Waals surface area contributed by atoms with E-state index in [2.05, 4.69) is 45.4 Å². The van der Waals surface area contributed by atoms with E-state index in [1.165, 1.54) is 29.3 Å². The number of aliphatic carboxylic acids is 1. The van der Waals surface area contributed by atoms with Crippen LogP contribution in [0.2, 0.25) is 0 Å². The maximum absolute atomic E-state index is 14.4. The van der Waals surface area contributed by atoms with Crippen molar-refractivity contribution in [2.24, 2.45) is 0 Å². The number of carboxylic acids is 1. The number of carbonyl (C=O) groups is 1. The molecule has 2 atom stereocenters. The molecule has 39 heavy (non-hydrogen) atoms. The summed E-state index contributed by atoms with van der Waals surface area (Å²) in [5.74, 6) is -2.17. The third-order valence-corrected chi connectivity index (χ3v) is 8.16. The quantitative estimate of drug-likeness (QED) is 0.468. The van der Waals surface area contributed by atoms with Crippen molar-refractivity contribution >= 4 is 29.1 Å². The van der Waals surface area contributed by atoms with E-state index >= 15 is 0 Å². The normalized spacial score (nSPS) is 21.7. The Morgan fingerprint density at radius 2 is 2.03 bits per heavy atom. The molecule has 200 valence electrons. The highest BCUT2D eigenvalue weighted by atomic mass is 19.2. The molecule has 6 rings (SSSR count). The first-order valence-corrected chi connectivity index (χ1v) is 13.0. The number of nitrogens with one attached hydrogen (secondary N) is 1. The van der Waals surface area contributed by atoms with Crippen LogP contribution in [0.3, 0.4) is 0 Å². The molecular formula is C29H28F2N6O2. The summed E-state index contributed by atoms with van der Waals surface area (Å²) in [5.41, 5.74) is 4.69. The van der Waals surface area contributed by atoms with Crippen LogP contribution in [-0.4, -0.2) is 46.1 Å². The van der Waals surface area contributed by atoms with Crippen LogP contribution in [0.1, 0.15) is 59.9 Å². The second-order valence-electron chi connectivity index (χ2n) is 11.2. The second kappa shape index (κ2) is 9.27. The SMILES string of the molecule is CN1Cc2cc(Nc3ncc(C#N)c(N4CC(C)(CC(=O)O)c5cc(F)c(F)cc54)n3)cc3c2C(CCC3)C1. The summed E-state index contributed by atoms with van der Waals surface area (Å²) < 4.78 is 28.6. The van der Waals surface area contributed by atoms with Gasteiger partial charge < -0.3 is 20.2 Å². The summed E-state index contributed by atoms with van der Waals surface area (Å²) in [6, 6.07) is 8.43. The van der Waals surface area contributed by atoms with Crippen molar-refractivity contribution in [3.05, 3.63) is 69.9 Å². The van der Waals surface area contributed by atoms with Gasteiger partial charge in [0.05, 0.1) is 12.6 Å². The maximum Gasteiger partial charge on any atom is 0.304 e. The molecule has 8 nitrogen and oxygen atoms in total. The standard InChI is InChI=1S/C29H28F2N6O2/c1-29(10-25(38)39)15-37(24-9-23(31)22(30)8-21(24)29)27-19(11-32)12-33-28(35-27)34-20-6-16-4-3-5-17-13-36(2)14-18(7-20)26(16)17/h6-9,12,17H,3-5,10,13-15H2,1-2H3,(H,38,39)(H,33,34,35). The zero-order valence-corrected chi connectivity index (χ0v) is 21.8. The number of aryl methyl sites for hydroxylation is 1. The Kier molecular flexibility index (Phi) is 5.99. The van der Waals surface area contributed by atoms with Gasteiger partial charge in [0, 0.05) is 42.5 Å². The highest BCUT2D eigenvalue weighted by Gasteiger charge is 2.43. The predicted octanol–water partition coefficient (Wildman–Crippen LogP) is 5.12. The third-order valence-electron chi connectivity index (χ3n) is 8.16. The van der Waals surface area contributed by atoms with Gasteiger partial charge in [0.25, 0.3) is 0 Å². The van der Waals surface area contributed by atoms with Gasteiger partial charge in [0.2, 0.25) is 5.95 Å². The lowest BCUT2D eigenvalue weighted by Crippen LogP contribution is -2.33. The van der Waals surface area contributed by atoms with Crippen molar-refractivity contribution in [1.82, 2.24) is 14.9 Å². The molecule has 3 aliphatic rings.